The van der Waals surface area contributed by atoms with Gasteiger partial charge in [0.1, 0.15) is 0 Å². The van der Waals surface area contributed by atoms with Crippen LogP contribution in [0, 0.1) is 0 Å². The second-order valence-corrected chi connectivity index (χ2v) is 5.47. The molecule has 0 aromatic carbocycles. The van der Waals surface area contributed by atoms with Crippen LogP contribution < -0.4 is 0 Å². The van der Waals surface area contributed by atoms with Gasteiger partial charge in [0.25, 0.3) is 0 Å². The fourth-order valence-electron chi connectivity index (χ4n) is 2.33. The molecule has 0 fully saturated rings. The summed E-state index contributed by atoms with van der Waals surface area (Å²) in [5.74, 6) is 1.24. The summed E-state index contributed by atoms with van der Waals surface area (Å²) in [5.41, 5.74) is 0.987. The number of hydrogen-bond acceptors (Lipinski definition) is 6. The van der Waals surface area contributed by atoms with E-state index in [2.05, 4.69) is 28.9 Å². The van der Waals surface area contributed by atoms with Crippen LogP contribution in [0.4, 0.5) is 0 Å². The van der Waals surface area contributed by atoms with E-state index < -0.39 is 0 Å². The molecule has 0 unspecified atom stereocenters. The van der Waals surface area contributed by atoms with Gasteiger partial charge in [-0.25, -0.2) is 0 Å². The highest BCUT2D eigenvalue weighted by atomic mass is 32.1. The molecule has 5 nitrogen and oxygen atoms in total. The lowest BCUT2D eigenvalue weighted by molar-refractivity contribution is 0.122. The number of aliphatic hydroxyl groups excluding tert-OH is 1. The molecule has 2 rings (SSSR count). The molecule has 2 aromatic heterocycles. The predicted molar refractivity (Wildman–Crippen MR) is 79.5 cm³/mol. The molecule has 2 aromatic rings. The Kier molecular flexibility index (Phi) is 5.70. The fourth-order valence-corrected chi connectivity index (χ4v) is 2.96. The van der Waals surface area contributed by atoms with Gasteiger partial charge in [0.05, 0.1) is 13.2 Å². The van der Waals surface area contributed by atoms with E-state index in [9.17, 15) is 5.11 Å². The number of nitrogens with zero attached hydrogens (tertiary/aromatic N) is 3. The first-order valence-corrected chi connectivity index (χ1v) is 7.92. The molecule has 1 N–H and O–H groups in total. The van der Waals surface area contributed by atoms with Crippen molar-refractivity contribution in [1.82, 2.24) is 15.0 Å². The van der Waals surface area contributed by atoms with Crippen LogP contribution in [0.25, 0.3) is 11.4 Å². The van der Waals surface area contributed by atoms with Crippen molar-refractivity contribution in [3.8, 4) is 11.4 Å². The topological polar surface area (TPSA) is 62.4 Å². The number of aromatic nitrogens is 2. The second-order valence-electron chi connectivity index (χ2n) is 4.69. The van der Waals surface area contributed by atoms with E-state index in [0.717, 1.165) is 18.4 Å². The Morgan fingerprint density at radius 1 is 1.40 bits per heavy atom. The maximum Gasteiger partial charge on any atom is 0.241 e. The number of aliphatic hydroxyl groups is 1. The van der Waals surface area contributed by atoms with Gasteiger partial charge in [0.2, 0.25) is 11.7 Å². The molecular formula is C14H21N3O2S. The normalized spacial score (nSPS) is 11.7. The first-order chi connectivity index (χ1) is 9.78. The fraction of sp³-hybridized carbons (Fsp3) is 0.571. The Morgan fingerprint density at radius 3 is 2.80 bits per heavy atom. The number of rotatable bonds is 8. The van der Waals surface area contributed by atoms with Crippen LogP contribution >= 0.6 is 11.3 Å². The van der Waals surface area contributed by atoms with Crippen LogP contribution in [-0.2, 0) is 6.54 Å². The van der Waals surface area contributed by atoms with Gasteiger partial charge in [-0.05, 0) is 24.3 Å². The van der Waals surface area contributed by atoms with Crippen LogP contribution in [-0.4, -0.2) is 39.3 Å². The zero-order valence-electron chi connectivity index (χ0n) is 12.0. The van der Waals surface area contributed by atoms with Crippen molar-refractivity contribution in [2.45, 2.75) is 39.3 Å². The number of thiophene rings is 1. The molecule has 0 atom stereocenters. The van der Waals surface area contributed by atoms with Crippen molar-refractivity contribution < 1.29 is 9.63 Å². The molecule has 6 heteroatoms. The van der Waals surface area contributed by atoms with Crippen molar-refractivity contribution in [1.29, 1.82) is 0 Å². The van der Waals surface area contributed by atoms with E-state index in [0.29, 0.717) is 30.8 Å². The van der Waals surface area contributed by atoms with Crippen LogP contribution in [0.5, 0.6) is 0 Å². The lowest BCUT2D eigenvalue weighted by Crippen LogP contribution is -2.36. The van der Waals surface area contributed by atoms with Crippen LogP contribution in [0.1, 0.15) is 32.6 Å². The highest BCUT2D eigenvalue weighted by Crippen LogP contribution is 2.20. The van der Waals surface area contributed by atoms with Crippen LogP contribution in [0.2, 0.25) is 0 Å². The standard InChI is InChI=1S/C14H21N3O2S/c1-3-12(4-2)17(6-7-18)9-13-15-14(16-19-13)11-5-8-20-10-11/h5,8,10,12,18H,3-4,6-7,9H2,1-2H3. The average Bonchev–Trinajstić information content (AvgIpc) is 3.10. The summed E-state index contributed by atoms with van der Waals surface area (Å²) in [4.78, 5) is 6.63. The number of hydrogen-bond donors (Lipinski definition) is 1. The Bertz CT molecular complexity index is 494. The molecule has 2 heterocycles. The third-order valence-corrected chi connectivity index (χ3v) is 4.12. The van der Waals surface area contributed by atoms with E-state index >= 15 is 0 Å². The maximum atomic E-state index is 9.20. The Hall–Kier alpha value is -1.24. The van der Waals surface area contributed by atoms with Gasteiger partial charge < -0.3 is 9.63 Å². The van der Waals surface area contributed by atoms with Gasteiger partial charge in [-0.3, -0.25) is 4.90 Å². The SMILES string of the molecule is CCC(CC)N(CCO)Cc1nc(-c2ccsc2)no1. The molecule has 0 saturated heterocycles. The molecule has 0 aliphatic rings. The summed E-state index contributed by atoms with van der Waals surface area (Å²) < 4.78 is 5.32. The monoisotopic (exact) mass is 295 g/mol. The zero-order chi connectivity index (χ0) is 14.4. The smallest absolute Gasteiger partial charge is 0.241 e. The maximum absolute atomic E-state index is 9.20. The van der Waals surface area contributed by atoms with Crippen LogP contribution in [0.3, 0.4) is 0 Å². The largest absolute Gasteiger partial charge is 0.395 e. The highest BCUT2D eigenvalue weighted by Gasteiger charge is 2.18. The van der Waals surface area contributed by atoms with E-state index in [1.165, 1.54) is 0 Å². The van der Waals surface area contributed by atoms with Gasteiger partial charge >= 0.3 is 0 Å². The molecule has 0 amide bonds. The third-order valence-electron chi connectivity index (χ3n) is 3.43. The molecule has 0 spiro atoms. The molecule has 0 bridgehead atoms. The first-order valence-electron chi connectivity index (χ1n) is 6.98. The second kappa shape index (κ2) is 7.52. The lowest BCUT2D eigenvalue weighted by atomic mass is 10.1. The van der Waals surface area contributed by atoms with Gasteiger partial charge in [0.15, 0.2) is 0 Å². The van der Waals surface area contributed by atoms with Crippen molar-refractivity contribution >= 4 is 11.3 Å². The molecule has 0 aliphatic carbocycles. The third kappa shape index (κ3) is 3.65. The molecule has 20 heavy (non-hydrogen) atoms. The Morgan fingerprint density at radius 2 is 2.20 bits per heavy atom. The van der Waals surface area contributed by atoms with Crippen molar-refractivity contribution in [3.05, 3.63) is 22.7 Å². The minimum Gasteiger partial charge on any atom is -0.395 e. The van der Waals surface area contributed by atoms with Gasteiger partial charge in [-0.2, -0.15) is 16.3 Å². The molecule has 0 aliphatic heterocycles. The highest BCUT2D eigenvalue weighted by molar-refractivity contribution is 7.08. The quantitative estimate of drug-likeness (QED) is 0.811. The minimum absolute atomic E-state index is 0.141. The van der Waals surface area contributed by atoms with Crippen LogP contribution in [0.15, 0.2) is 21.3 Å². The van der Waals surface area contributed by atoms with E-state index in [1.54, 1.807) is 11.3 Å². The Balaban J connectivity index is 2.07. The summed E-state index contributed by atoms with van der Waals surface area (Å²) in [6.07, 6.45) is 2.09. The summed E-state index contributed by atoms with van der Waals surface area (Å²) in [7, 11) is 0. The van der Waals surface area contributed by atoms with E-state index in [4.69, 9.17) is 4.52 Å². The van der Waals surface area contributed by atoms with Gasteiger partial charge in [0, 0.05) is 23.5 Å². The van der Waals surface area contributed by atoms with Gasteiger partial charge in [-0.15, -0.1) is 0 Å². The summed E-state index contributed by atoms with van der Waals surface area (Å²) in [6.45, 7) is 5.67. The molecule has 0 radical (unpaired) electrons. The van der Waals surface area contributed by atoms with E-state index in [1.807, 2.05) is 16.8 Å². The summed E-state index contributed by atoms with van der Waals surface area (Å²) in [5, 5.41) is 17.2. The molecule has 110 valence electrons. The lowest BCUT2D eigenvalue weighted by Gasteiger charge is -2.28. The molecular weight excluding hydrogens is 274 g/mol. The first kappa shape index (κ1) is 15.2. The molecule has 0 saturated carbocycles. The zero-order valence-corrected chi connectivity index (χ0v) is 12.8. The van der Waals surface area contributed by atoms with Crippen molar-refractivity contribution in [2.75, 3.05) is 13.2 Å². The van der Waals surface area contributed by atoms with Crippen molar-refractivity contribution in [2.24, 2.45) is 0 Å². The summed E-state index contributed by atoms with van der Waals surface area (Å²) >= 11 is 1.61. The van der Waals surface area contributed by atoms with Crippen molar-refractivity contribution in [3.63, 3.8) is 0 Å². The average molecular weight is 295 g/mol. The minimum atomic E-state index is 0.141. The van der Waals surface area contributed by atoms with Gasteiger partial charge in [-0.1, -0.05) is 19.0 Å². The Labute approximate surface area is 123 Å². The predicted octanol–water partition coefficient (Wildman–Crippen LogP) is 2.78. The van der Waals surface area contributed by atoms with E-state index in [-0.39, 0.29) is 6.61 Å². The summed E-state index contributed by atoms with van der Waals surface area (Å²) in [6, 6.07) is 2.41.